The van der Waals surface area contributed by atoms with E-state index in [1.54, 1.807) is 0 Å². The Labute approximate surface area is 143 Å². The van der Waals surface area contributed by atoms with Crippen molar-refractivity contribution in [3.63, 3.8) is 0 Å². The highest BCUT2D eigenvalue weighted by atomic mass is 16.5. The summed E-state index contributed by atoms with van der Waals surface area (Å²) in [6.07, 6.45) is 3.57. The molecule has 0 unspecified atom stereocenters. The summed E-state index contributed by atoms with van der Waals surface area (Å²) >= 11 is 0. The van der Waals surface area contributed by atoms with Crippen LogP contribution >= 0.6 is 0 Å². The van der Waals surface area contributed by atoms with Crippen molar-refractivity contribution < 1.29 is 23.9 Å². The van der Waals surface area contributed by atoms with E-state index in [4.69, 9.17) is 9.47 Å². The van der Waals surface area contributed by atoms with Gasteiger partial charge in [0.25, 0.3) is 0 Å². The van der Waals surface area contributed by atoms with E-state index in [9.17, 15) is 14.4 Å². The van der Waals surface area contributed by atoms with Gasteiger partial charge in [0.15, 0.2) is 5.78 Å². The molecule has 1 aliphatic carbocycles. The Bertz CT molecular complexity index is 406. The van der Waals surface area contributed by atoms with E-state index < -0.39 is 0 Å². The Morgan fingerprint density at radius 2 is 1.75 bits per heavy atom. The average molecular weight is 342 g/mol. The molecule has 1 fully saturated rings. The third-order valence-corrected chi connectivity index (χ3v) is 3.99. The first-order valence-electron chi connectivity index (χ1n) is 8.75. The molecule has 0 spiro atoms. The normalized spacial score (nSPS) is 20.4. The number of rotatable bonds is 11. The number of Topliss-reactive ketones (excluding diaryl/α,β-unsaturated/α-hetero) is 1. The van der Waals surface area contributed by atoms with Crippen molar-refractivity contribution in [3.8, 4) is 0 Å². The molecule has 0 saturated heterocycles. The maximum Gasteiger partial charge on any atom is 0.223 e. The lowest BCUT2D eigenvalue weighted by Gasteiger charge is -2.28. The lowest BCUT2D eigenvalue weighted by molar-refractivity contribution is -0.126. The van der Waals surface area contributed by atoms with Gasteiger partial charge in [0.2, 0.25) is 11.8 Å². The molecule has 2 amide bonds. The van der Waals surface area contributed by atoms with Crippen LogP contribution < -0.4 is 10.6 Å². The van der Waals surface area contributed by atoms with Gasteiger partial charge in [-0.05, 0) is 39.5 Å². The average Bonchev–Trinajstić information content (AvgIpc) is 2.55. The lowest BCUT2D eigenvalue weighted by atomic mass is 9.85. The van der Waals surface area contributed by atoms with E-state index >= 15 is 0 Å². The fourth-order valence-electron chi connectivity index (χ4n) is 2.72. The van der Waals surface area contributed by atoms with Crippen LogP contribution in [0.4, 0.5) is 0 Å². The summed E-state index contributed by atoms with van der Waals surface area (Å²) in [5.74, 6) is 0.0128. The van der Waals surface area contributed by atoms with Crippen LogP contribution in [0.1, 0.15) is 46.0 Å². The molecule has 2 N–H and O–H groups in total. The predicted octanol–water partition coefficient (Wildman–Crippen LogP) is 0.810. The van der Waals surface area contributed by atoms with Gasteiger partial charge >= 0.3 is 0 Å². The SMILES string of the molecule is CCOCCC(=O)NC1CCC(C(=O)NCCOCC(C)=O)CC1. The van der Waals surface area contributed by atoms with E-state index in [1.807, 2.05) is 6.92 Å². The summed E-state index contributed by atoms with van der Waals surface area (Å²) in [5, 5.41) is 5.84. The second kappa shape index (κ2) is 12.0. The van der Waals surface area contributed by atoms with Gasteiger partial charge in [0.1, 0.15) is 6.61 Å². The first-order chi connectivity index (χ1) is 11.5. The number of ether oxygens (including phenoxy) is 2. The number of carbonyl (C=O) groups is 3. The molecule has 0 bridgehead atoms. The summed E-state index contributed by atoms with van der Waals surface area (Å²) < 4.78 is 10.3. The van der Waals surface area contributed by atoms with Crippen molar-refractivity contribution in [1.29, 1.82) is 0 Å². The fraction of sp³-hybridized carbons (Fsp3) is 0.824. The van der Waals surface area contributed by atoms with Crippen LogP contribution in [0.15, 0.2) is 0 Å². The van der Waals surface area contributed by atoms with Gasteiger partial charge < -0.3 is 20.1 Å². The lowest BCUT2D eigenvalue weighted by Crippen LogP contribution is -2.41. The standard InChI is InChI=1S/C17H30N2O5/c1-3-23-10-8-16(21)19-15-6-4-14(5-7-15)17(22)18-9-11-24-12-13(2)20/h14-15H,3-12H2,1-2H3,(H,18,22)(H,19,21). The summed E-state index contributed by atoms with van der Waals surface area (Å²) in [5.41, 5.74) is 0. The maximum absolute atomic E-state index is 12.1. The number of carbonyl (C=O) groups excluding carboxylic acids is 3. The summed E-state index contributed by atoms with van der Waals surface area (Å²) in [6.45, 7) is 5.28. The minimum atomic E-state index is -0.0250. The molecule has 7 heteroatoms. The topological polar surface area (TPSA) is 93.7 Å². The Morgan fingerprint density at radius 3 is 2.38 bits per heavy atom. The van der Waals surface area contributed by atoms with E-state index in [2.05, 4.69) is 10.6 Å². The third-order valence-electron chi connectivity index (χ3n) is 3.99. The molecular weight excluding hydrogens is 312 g/mol. The number of ketones is 1. The highest BCUT2D eigenvalue weighted by molar-refractivity contribution is 5.79. The molecule has 138 valence electrons. The highest BCUT2D eigenvalue weighted by Crippen LogP contribution is 2.24. The number of nitrogens with one attached hydrogen (secondary N) is 2. The van der Waals surface area contributed by atoms with Crippen LogP contribution in [0, 0.1) is 5.92 Å². The zero-order valence-electron chi connectivity index (χ0n) is 14.8. The van der Waals surface area contributed by atoms with Gasteiger partial charge in [-0.3, -0.25) is 14.4 Å². The molecule has 24 heavy (non-hydrogen) atoms. The van der Waals surface area contributed by atoms with Crippen molar-refractivity contribution >= 4 is 17.6 Å². The zero-order valence-corrected chi connectivity index (χ0v) is 14.8. The van der Waals surface area contributed by atoms with E-state index in [1.165, 1.54) is 6.92 Å². The van der Waals surface area contributed by atoms with Crippen molar-refractivity contribution in [2.75, 3.05) is 33.0 Å². The molecule has 1 saturated carbocycles. The molecule has 0 heterocycles. The molecule has 0 aromatic heterocycles. The molecule has 1 aliphatic rings. The number of hydrogen-bond donors (Lipinski definition) is 2. The number of amides is 2. The van der Waals surface area contributed by atoms with Crippen molar-refractivity contribution in [2.45, 2.75) is 52.0 Å². The highest BCUT2D eigenvalue weighted by Gasteiger charge is 2.26. The van der Waals surface area contributed by atoms with E-state index in [0.717, 1.165) is 25.7 Å². The van der Waals surface area contributed by atoms with E-state index in [0.29, 0.717) is 32.8 Å². The summed E-state index contributed by atoms with van der Waals surface area (Å²) in [6, 6.07) is 0.155. The predicted molar refractivity (Wildman–Crippen MR) is 89.5 cm³/mol. The van der Waals surface area contributed by atoms with Crippen LogP contribution in [0.3, 0.4) is 0 Å². The minimum Gasteiger partial charge on any atom is -0.381 e. The van der Waals surface area contributed by atoms with Gasteiger partial charge in [-0.1, -0.05) is 0 Å². The summed E-state index contributed by atoms with van der Waals surface area (Å²) in [4.78, 5) is 34.5. The quantitative estimate of drug-likeness (QED) is 0.542. The van der Waals surface area contributed by atoms with Crippen LogP contribution in [0.2, 0.25) is 0 Å². The molecule has 0 aromatic rings. The molecule has 0 aliphatic heterocycles. The third kappa shape index (κ3) is 8.98. The second-order valence-electron chi connectivity index (χ2n) is 6.11. The first-order valence-corrected chi connectivity index (χ1v) is 8.75. The van der Waals surface area contributed by atoms with Crippen molar-refractivity contribution in [2.24, 2.45) is 5.92 Å². The zero-order chi connectivity index (χ0) is 17.8. The van der Waals surface area contributed by atoms with Gasteiger partial charge in [0.05, 0.1) is 13.2 Å². The molecular formula is C17H30N2O5. The Kier molecular flexibility index (Phi) is 10.3. The van der Waals surface area contributed by atoms with Gasteiger partial charge in [0, 0.05) is 31.5 Å². The molecule has 7 nitrogen and oxygen atoms in total. The van der Waals surface area contributed by atoms with Crippen LogP contribution in [-0.2, 0) is 23.9 Å². The molecule has 0 aromatic carbocycles. The smallest absolute Gasteiger partial charge is 0.223 e. The number of hydrogen-bond acceptors (Lipinski definition) is 5. The van der Waals surface area contributed by atoms with Crippen LogP contribution in [0.5, 0.6) is 0 Å². The van der Waals surface area contributed by atoms with Crippen molar-refractivity contribution in [3.05, 3.63) is 0 Å². The molecule has 0 radical (unpaired) electrons. The summed E-state index contributed by atoms with van der Waals surface area (Å²) in [7, 11) is 0. The minimum absolute atomic E-state index is 0.00520. The maximum atomic E-state index is 12.1. The Balaban J connectivity index is 2.12. The fourth-order valence-corrected chi connectivity index (χ4v) is 2.72. The second-order valence-corrected chi connectivity index (χ2v) is 6.11. The van der Waals surface area contributed by atoms with Gasteiger partial charge in [-0.2, -0.15) is 0 Å². The van der Waals surface area contributed by atoms with Crippen LogP contribution in [0.25, 0.3) is 0 Å². The van der Waals surface area contributed by atoms with E-state index in [-0.39, 0.29) is 36.2 Å². The van der Waals surface area contributed by atoms with Gasteiger partial charge in [-0.25, -0.2) is 0 Å². The van der Waals surface area contributed by atoms with Crippen LogP contribution in [-0.4, -0.2) is 56.6 Å². The Morgan fingerprint density at radius 1 is 1.04 bits per heavy atom. The van der Waals surface area contributed by atoms with Crippen molar-refractivity contribution in [1.82, 2.24) is 10.6 Å². The molecule has 1 rings (SSSR count). The molecule has 0 atom stereocenters. The van der Waals surface area contributed by atoms with Gasteiger partial charge in [-0.15, -0.1) is 0 Å². The largest absolute Gasteiger partial charge is 0.381 e. The first kappa shape index (κ1) is 20.6. The Hall–Kier alpha value is -1.47. The monoisotopic (exact) mass is 342 g/mol.